The first-order valence-corrected chi connectivity index (χ1v) is 15.6. The maximum atomic E-state index is 6.75. The third-order valence-electron chi connectivity index (χ3n) is 4.53. The van der Waals surface area contributed by atoms with Crippen LogP contribution in [0.1, 0.15) is 39.5 Å². The maximum Gasteiger partial charge on any atom is 4.00 e. The summed E-state index contributed by atoms with van der Waals surface area (Å²) in [7, 11) is -2.98. The average Bonchev–Trinajstić information content (AvgIpc) is 3.07. The first-order chi connectivity index (χ1) is 10.2. The van der Waals surface area contributed by atoms with Gasteiger partial charge in [0, 0.05) is 8.07 Å². The molecule has 140 valence electrons. The van der Waals surface area contributed by atoms with Crippen LogP contribution in [0.3, 0.4) is 0 Å². The number of hydrogen-bond acceptors (Lipinski definition) is 0. The minimum atomic E-state index is -1.57. The molecule has 0 saturated heterocycles. The van der Waals surface area contributed by atoms with E-state index in [1.54, 1.807) is 0 Å². The van der Waals surface area contributed by atoms with Crippen LogP contribution in [-0.2, 0) is 26.2 Å². The van der Waals surface area contributed by atoms with Crippen molar-refractivity contribution in [3.63, 3.8) is 0 Å². The zero-order valence-corrected chi connectivity index (χ0v) is 23.1. The molecule has 0 fully saturated rings. The Hall–Kier alpha value is 1.15. The quantitative estimate of drug-likeness (QED) is 0.290. The number of rotatable bonds is 5. The van der Waals surface area contributed by atoms with Gasteiger partial charge < -0.3 is 24.8 Å². The topological polar surface area (TPSA) is 0 Å². The summed E-state index contributed by atoms with van der Waals surface area (Å²) in [5.74, 6) is 0. The van der Waals surface area contributed by atoms with E-state index in [-0.39, 0.29) is 51.0 Å². The summed E-state index contributed by atoms with van der Waals surface area (Å²) in [5, 5.41) is 2.27. The van der Waals surface area contributed by atoms with Gasteiger partial charge in [0.2, 0.25) is 0 Å². The van der Waals surface area contributed by atoms with Gasteiger partial charge in [0.15, 0.2) is 7.38 Å². The van der Waals surface area contributed by atoms with E-state index in [1.165, 1.54) is 23.6 Å². The van der Waals surface area contributed by atoms with E-state index in [0.717, 1.165) is 18.0 Å². The monoisotopic (exact) mass is 510 g/mol. The molecule has 0 aromatic carbocycles. The van der Waals surface area contributed by atoms with Gasteiger partial charge in [0.05, 0.1) is 0 Å². The fourth-order valence-corrected chi connectivity index (χ4v) is 17.0. The Labute approximate surface area is 194 Å². The van der Waals surface area contributed by atoms with Gasteiger partial charge in [-0.15, -0.1) is 12.8 Å². The van der Waals surface area contributed by atoms with Crippen molar-refractivity contribution in [1.82, 2.24) is 0 Å². The van der Waals surface area contributed by atoms with Crippen LogP contribution in [0.15, 0.2) is 35.1 Å². The summed E-state index contributed by atoms with van der Waals surface area (Å²) in [5.41, 5.74) is 1.27. The van der Waals surface area contributed by atoms with Crippen LogP contribution in [-0.4, -0.2) is 15.5 Å². The summed E-state index contributed by atoms with van der Waals surface area (Å²) >= 11 is 6.75. The van der Waals surface area contributed by atoms with Crippen LogP contribution in [0.25, 0.3) is 0 Å². The molecule has 0 spiro atoms. The standard InChI is InChI=1S/C13H24ClSi2.C6H7.2ClH.Zr/c1-6-9-13(16(4,5)14)15(2,3)12-10-7-8-11-12;1-6-4-2-3-5-6;;;/h7,10,13H,6,8-9H2,1-5H3;2,4H,3H2,1H3;2*1H;/q2*-1;;;+4/p-2. The number of allylic oxidation sites excluding steroid dienone is 8. The Balaban J connectivity index is -0.000000461. The third-order valence-corrected chi connectivity index (χ3v) is 15.9. The molecule has 6 heteroatoms. The van der Waals surface area contributed by atoms with Crippen molar-refractivity contribution in [3.05, 3.63) is 47.2 Å². The second-order valence-corrected chi connectivity index (χ2v) is 19.3. The predicted molar refractivity (Wildman–Crippen MR) is 106 cm³/mol. The summed E-state index contributed by atoms with van der Waals surface area (Å²) in [4.78, 5) is 0. The van der Waals surface area contributed by atoms with E-state index in [9.17, 15) is 0 Å². The summed E-state index contributed by atoms with van der Waals surface area (Å²) in [6.07, 6.45) is 20.0. The molecule has 0 amide bonds. The third kappa shape index (κ3) is 10.3. The van der Waals surface area contributed by atoms with Crippen molar-refractivity contribution in [2.75, 3.05) is 0 Å². The molecule has 0 aliphatic heterocycles. The van der Waals surface area contributed by atoms with Gasteiger partial charge in [-0.25, -0.2) is 22.9 Å². The fourth-order valence-electron chi connectivity index (χ4n) is 3.40. The van der Waals surface area contributed by atoms with Gasteiger partial charge in [-0.05, 0) is 5.16 Å². The van der Waals surface area contributed by atoms with E-state index in [1.807, 2.05) is 0 Å². The van der Waals surface area contributed by atoms with Gasteiger partial charge in [0.25, 0.3) is 0 Å². The normalized spacial score (nSPS) is 16.4. The fraction of sp³-hybridized carbons (Fsp3) is 0.579. The van der Waals surface area contributed by atoms with Crippen molar-refractivity contribution in [3.8, 4) is 0 Å². The molecule has 0 N–H and O–H groups in total. The Morgan fingerprint density at radius 1 is 1.04 bits per heavy atom. The first-order valence-electron chi connectivity index (χ1n) is 8.40. The minimum absolute atomic E-state index is 0. The molecule has 0 radical (unpaired) electrons. The Kier molecular flexibility index (Phi) is 17.5. The van der Waals surface area contributed by atoms with E-state index in [0.29, 0.717) is 0 Å². The van der Waals surface area contributed by atoms with Crippen molar-refractivity contribution < 1.29 is 51.0 Å². The van der Waals surface area contributed by atoms with Crippen molar-refractivity contribution in [1.29, 1.82) is 0 Å². The molecule has 25 heavy (non-hydrogen) atoms. The summed E-state index contributed by atoms with van der Waals surface area (Å²) in [6.45, 7) is 13.9. The van der Waals surface area contributed by atoms with Gasteiger partial charge in [0.1, 0.15) is 0 Å². The molecule has 0 aromatic rings. The van der Waals surface area contributed by atoms with Gasteiger partial charge in [-0.3, -0.25) is 12.2 Å². The van der Waals surface area contributed by atoms with Crippen molar-refractivity contribution >= 4 is 26.5 Å². The molecule has 0 nitrogen and oxygen atoms in total. The molecule has 2 aliphatic rings. The Morgan fingerprint density at radius 2 is 1.56 bits per heavy atom. The molecular formula is C19H31Cl3Si2Zr. The van der Waals surface area contributed by atoms with Gasteiger partial charge in [-0.1, -0.05) is 52.9 Å². The Morgan fingerprint density at radius 3 is 1.84 bits per heavy atom. The molecule has 0 aromatic heterocycles. The maximum absolute atomic E-state index is 6.75. The second kappa shape index (κ2) is 14.2. The molecule has 0 saturated carbocycles. The van der Waals surface area contributed by atoms with E-state index in [2.05, 4.69) is 76.5 Å². The number of hydrogen-bond donors (Lipinski definition) is 0. The van der Waals surface area contributed by atoms with Crippen molar-refractivity contribution in [2.24, 2.45) is 0 Å². The van der Waals surface area contributed by atoms with Crippen LogP contribution >= 0.6 is 11.1 Å². The SMILES string of the molecule is CC1=[C-]CC=C1.CCCC([Si](C)(C)Cl)[Si](C)(C)C1=[C-]CC=C1.[Cl-].[Cl-].[Zr+4]. The minimum Gasteiger partial charge on any atom is -1.00 e. The molecule has 2 rings (SSSR count). The zero-order chi connectivity index (χ0) is 16.8. The molecule has 1 unspecified atom stereocenters. The second-order valence-electron chi connectivity index (χ2n) is 7.29. The molecular weight excluding hydrogens is 482 g/mol. The first kappa shape index (κ1) is 30.9. The van der Waals surface area contributed by atoms with E-state index < -0.39 is 15.5 Å². The van der Waals surface area contributed by atoms with Crippen LogP contribution in [0.5, 0.6) is 0 Å². The van der Waals surface area contributed by atoms with Gasteiger partial charge in [-0.2, -0.15) is 23.2 Å². The van der Waals surface area contributed by atoms with E-state index in [4.69, 9.17) is 11.1 Å². The summed E-state index contributed by atoms with van der Waals surface area (Å²) < 4.78 is 0. The van der Waals surface area contributed by atoms with E-state index >= 15 is 0 Å². The Bertz CT molecular complexity index is 487. The average molecular weight is 513 g/mol. The van der Waals surface area contributed by atoms with Crippen LogP contribution in [0.2, 0.25) is 31.4 Å². The molecule has 1 atom stereocenters. The number of halogens is 3. The zero-order valence-electron chi connectivity index (χ0n) is 16.3. The van der Waals surface area contributed by atoms with Gasteiger partial charge >= 0.3 is 26.2 Å². The smallest absolute Gasteiger partial charge is 1.00 e. The van der Waals surface area contributed by atoms with Crippen LogP contribution < -0.4 is 24.8 Å². The van der Waals surface area contributed by atoms with Crippen LogP contribution in [0, 0.1) is 12.2 Å². The molecule has 0 heterocycles. The predicted octanol–water partition coefficient (Wildman–Crippen LogP) is 0.778. The summed E-state index contributed by atoms with van der Waals surface area (Å²) in [6, 6.07) is 0. The van der Waals surface area contributed by atoms with Crippen LogP contribution in [0.4, 0.5) is 0 Å². The largest absolute Gasteiger partial charge is 4.00 e. The van der Waals surface area contributed by atoms with Crippen molar-refractivity contribution in [2.45, 2.75) is 70.9 Å². The molecule has 0 bridgehead atoms. The molecule has 2 aliphatic carbocycles.